The van der Waals surface area contributed by atoms with Gasteiger partial charge in [0.05, 0.1) is 43.3 Å². The van der Waals surface area contributed by atoms with E-state index in [2.05, 4.69) is 23.1 Å². The van der Waals surface area contributed by atoms with E-state index in [9.17, 15) is 29.4 Å². The number of hydrogen-bond acceptors (Lipinski definition) is 13. The minimum Gasteiger partial charge on any atom is -0.508 e. The molecule has 0 heterocycles. The van der Waals surface area contributed by atoms with Crippen LogP contribution in [0.1, 0.15) is 83.2 Å². The van der Waals surface area contributed by atoms with E-state index in [-0.39, 0.29) is 39.8 Å². The number of unbranched alkanes of at least 4 members (excludes halogenated alkanes) is 6. The highest BCUT2D eigenvalue weighted by molar-refractivity contribution is 6.15. The number of hydrogen-bond donors (Lipinski definition) is 2. The minimum atomic E-state index is -0.675. The van der Waals surface area contributed by atoms with Crippen molar-refractivity contribution >= 4 is 41.6 Å². The molecule has 0 fully saturated rings. The summed E-state index contributed by atoms with van der Waals surface area (Å²) in [5.41, 5.74) is 2.39. The van der Waals surface area contributed by atoms with Gasteiger partial charge in [-0.25, -0.2) is 29.2 Å². The first-order chi connectivity index (χ1) is 32.1. The summed E-state index contributed by atoms with van der Waals surface area (Å²) in [6.07, 6.45) is 10.2. The Balaban J connectivity index is 1.25. The number of esters is 4. The maximum atomic E-state index is 13.4. The number of aliphatic imine (C=N–C) groups is 2. The van der Waals surface area contributed by atoms with Crippen molar-refractivity contribution in [2.24, 2.45) is 9.98 Å². The highest BCUT2D eigenvalue weighted by atomic mass is 16.5. The third kappa shape index (κ3) is 16.6. The average Bonchev–Trinajstić information content (AvgIpc) is 3.33. The molecule has 14 nitrogen and oxygen atoms in total. The predicted octanol–water partition coefficient (Wildman–Crippen LogP) is 10.1. The van der Waals surface area contributed by atoms with E-state index in [0.717, 1.165) is 63.5 Å². The van der Waals surface area contributed by atoms with Crippen molar-refractivity contribution in [3.8, 4) is 34.5 Å². The fourth-order valence-corrected chi connectivity index (χ4v) is 6.11. The molecular weight excluding hydrogens is 845 g/mol. The molecule has 0 aliphatic rings. The Morgan fingerprint density at radius 1 is 0.485 bits per heavy atom. The molecule has 0 saturated carbocycles. The zero-order chi connectivity index (χ0) is 46.9. The van der Waals surface area contributed by atoms with Crippen LogP contribution in [-0.2, 0) is 19.1 Å². The van der Waals surface area contributed by atoms with E-state index in [1.165, 1.54) is 48.8 Å². The van der Waals surface area contributed by atoms with Crippen LogP contribution >= 0.6 is 0 Å². The maximum absolute atomic E-state index is 13.4. The molecule has 0 aliphatic carbocycles. The van der Waals surface area contributed by atoms with Gasteiger partial charge in [0.15, 0.2) is 5.75 Å². The Hall–Kier alpha value is -8.00. The van der Waals surface area contributed by atoms with Crippen LogP contribution in [0.5, 0.6) is 34.5 Å². The SMILES string of the molecule is C=CC(=O)OCCCCCCOc1ccc(C(=O)Oc2ccc(OC(=O)c3ccc(OCCCCCCOC(=O)C=C)cc3)c(/N=C/N=C(c3ccc(O)cc3)c3ccc(O)cc3)c2)cc1. The first-order valence-corrected chi connectivity index (χ1v) is 21.4. The number of phenols is 2. The van der Waals surface area contributed by atoms with Gasteiger partial charge in [0, 0.05) is 29.3 Å². The topological polar surface area (TPSA) is 189 Å². The number of carbonyl (C=O) groups excluding carboxylic acids is 4. The summed E-state index contributed by atoms with van der Waals surface area (Å²) in [5.74, 6) is -0.703. The minimum absolute atomic E-state index is 0.0549. The van der Waals surface area contributed by atoms with Gasteiger partial charge in [-0.2, -0.15) is 0 Å². The summed E-state index contributed by atoms with van der Waals surface area (Å²) in [4.78, 5) is 58.1. The van der Waals surface area contributed by atoms with Crippen LogP contribution in [0.4, 0.5) is 5.69 Å². The molecule has 66 heavy (non-hydrogen) atoms. The second kappa shape index (κ2) is 26.6. The Bertz CT molecular complexity index is 2400. The second-order valence-corrected chi connectivity index (χ2v) is 14.5. The van der Waals surface area contributed by atoms with Gasteiger partial charge in [-0.1, -0.05) is 13.2 Å². The molecule has 2 N–H and O–H groups in total. The lowest BCUT2D eigenvalue weighted by molar-refractivity contribution is -0.138. The van der Waals surface area contributed by atoms with E-state index in [1.807, 2.05) is 0 Å². The molecule has 5 aromatic rings. The van der Waals surface area contributed by atoms with Gasteiger partial charge >= 0.3 is 23.9 Å². The highest BCUT2D eigenvalue weighted by Gasteiger charge is 2.16. The van der Waals surface area contributed by atoms with E-state index < -0.39 is 23.9 Å². The summed E-state index contributed by atoms with van der Waals surface area (Å²) in [6.45, 7) is 8.40. The Labute approximate surface area is 383 Å². The lowest BCUT2D eigenvalue weighted by Gasteiger charge is -2.11. The molecule has 0 amide bonds. The molecule has 0 spiro atoms. The third-order valence-corrected chi connectivity index (χ3v) is 9.63. The number of phenolic OH excluding ortho intramolecular Hbond substituents is 2. The van der Waals surface area contributed by atoms with Gasteiger partial charge in [0.1, 0.15) is 40.8 Å². The molecular formula is C52H52N2O12. The van der Waals surface area contributed by atoms with Crippen LogP contribution in [0, 0.1) is 0 Å². The molecule has 0 atom stereocenters. The fraction of sp³-hybridized carbons (Fsp3) is 0.231. The fourth-order valence-electron chi connectivity index (χ4n) is 6.11. The van der Waals surface area contributed by atoms with Crippen molar-refractivity contribution in [2.75, 3.05) is 26.4 Å². The van der Waals surface area contributed by atoms with Crippen LogP contribution in [-0.4, -0.2) is 72.6 Å². The van der Waals surface area contributed by atoms with E-state index in [4.69, 9.17) is 28.4 Å². The van der Waals surface area contributed by atoms with Gasteiger partial charge in [0.2, 0.25) is 0 Å². The van der Waals surface area contributed by atoms with Crippen molar-refractivity contribution in [2.45, 2.75) is 51.4 Å². The molecule has 0 unspecified atom stereocenters. The Morgan fingerprint density at radius 2 is 0.894 bits per heavy atom. The van der Waals surface area contributed by atoms with Crippen LogP contribution in [0.25, 0.3) is 0 Å². The van der Waals surface area contributed by atoms with Crippen LogP contribution in [0.15, 0.2) is 151 Å². The molecule has 342 valence electrons. The van der Waals surface area contributed by atoms with Crippen molar-refractivity contribution in [3.05, 3.63) is 163 Å². The number of nitrogens with zero attached hydrogens (tertiary/aromatic N) is 2. The van der Waals surface area contributed by atoms with E-state index in [0.29, 0.717) is 54.8 Å². The van der Waals surface area contributed by atoms with Crippen LogP contribution in [0.3, 0.4) is 0 Å². The smallest absolute Gasteiger partial charge is 0.343 e. The summed E-state index contributed by atoms with van der Waals surface area (Å²) in [5, 5.41) is 19.8. The van der Waals surface area contributed by atoms with Gasteiger partial charge < -0.3 is 38.6 Å². The number of carbonyl (C=O) groups is 4. The van der Waals surface area contributed by atoms with Crippen molar-refractivity contribution in [1.82, 2.24) is 0 Å². The summed E-state index contributed by atoms with van der Waals surface area (Å²) < 4.78 is 33.2. The summed E-state index contributed by atoms with van der Waals surface area (Å²) in [7, 11) is 0. The number of benzene rings is 5. The van der Waals surface area contributed by atoms with Crippen molar-refractivity contribution < 1.29 is 57.8 Å². The van der Waals surface area contributed by atoms with E-state index in [1.54, 1.807) is 72.8 Å². The van der Waals surface area contributed by atoms with Gasteiger partial charge in [-0.05, 0) is 161 Å². The van der Waals surface area contributed by atoms with Crippen molar-refractivity contribution in [3.63, 3.8) is 0 Å². The monoisotopic (exact) mass is 896 g/mol. The quantitative estimate of drug-likeness (QED) is 0.0134. The molecule has 0 bridgehead atoms. The zero-order valence-corrected chi connectivity index (χ0v) is 36.5. The Kier molecular flexibility index (Phi) is 19.7. The molecule has 0 aromatic heterocycles. The predicted molar refractivity (Wildman–Crippen MR) is 249 cm³/mol. The first-order valence-electron chi connectivity index (χ1n) is 21.4. The third-order valence-electron chi connectivity index (χ3n) is 9.63. The number of aromatic hydroxyl groups is 2. The van der Waals surface area contributed by atoms with Gasteiger partial charge in [0.25, 0.3) is 0 Å². The molecule has 14 heteroatoms. The highest BCUT2D eigenvalue weighted by Crippen LogP contribution is 2.33. The summed E-state index contributed by atoms with van der Waals surface area (Å²) in [6, 6.07) is 30.3. The molecule has 0 radical (unpaired) electrons. The molecule has 0 saturated heterocycles. The normalized spacial score (nSPS) is 10.7. The standard InChI is InChI=1S/C52H52N2O12/c1-3-48(57)63-33-11-7-5-9-31-61-43-25-17-39(18-26-43)51(59)65-45-29-30-47(66-52(60)40-19-27-44(28-20-40)62-32-10-6-8-12-34-64-49(58)4-2)46(35-45)53-36-54-50(37-13-21-41(55)22-14-37)38-15-23-42(56)24-16-38/h3-4,13-30,35-36,55-56H,1-2,5-12,31-34H2/b53-36+. The van der Waals surface area contributed by atoms with Gasteiger partial charge in [-0.15, -0.1) is 0 Å². The van der Waals surface area contributed by atoms with Crippen molar-refractivity contribution in [1.29, 1.82) is 0 Å². The lowest BCUT2D eigenvalue weighted by atomic mass is 10.0. The zero-order valence-electron chi connectivity index (χ0n) is 36.5. The number of rotatable bonds is 26. The summed E-state index contributed by atoms with van der Waals surface area (Å²) >= 11 is 0. The van der Waals surface area contributed by atoms with E-state index >= 15 is 0 Å². The second-order valence-electron chi connectivity index (χ2n) is 14.5. The molecule has 5 rings (SSSR count). The number of ether oxygens (including phenoxy) is 6. The average molecular weight is 897 g/mol. The Morgan fingerprint density at radius 3 is 1.35 bits per heavy atom. The molecule has 0 aliphatic heterocycles. The van der Waals surface area contributed by atoms with Crippen LogP contribution < -0.4 is 18.9 Å². The lowest BCUT2D eigenvalue weighted by Crippen LogP contribution is -2.10. The first kappa shape index (κ1) is 49.0. The largest absolute Gasteiger partial charge is 0.508 e. The molecule has 5 aromatic carbocycles. The van der Waals surface area contributed by atoms with Crippen LogP contribution in [0.2, 0.25) is 0 Å². The maximum Gasteiger partial charge on any atom is 0.343 e. The van der Waals surface area contributed by atoms with Gasteiger partial charge in [-0.3, -0.25) is 0 Å².